The van der Waals surface area contributed by atoms with Gasteiger partial charge in [0.05, 0.1) is 6.26 Å². The maximum absolute atomic E-state index is 11.4. The van der Waals surface area contributed by atoms with Crippen molar-refractivity contribution < 1.29 is 8.42 Å². The number of nitrogens with one attached hydrogen (secondary N) is 1. The molecule has 0 aliphatic heterocycles. The van der Waals surface area contributed by atoms with E-state index in [-0.39, 0.29) is 0 Å². The van der Waals surface area contributed by atoms with Crippen molar-refractivity contribution in [1.82, 2.24) is 4.31 Å². The fourth-order valence-electron chi connectivity index (χ4n) is 1.67. The topological polar surface area (TPSA) is 75.4 Å². The van der Waals surface area contributed by atoms with Gasteiger partial charge in [0.1, 0.15) is 0 Å². The molecule has 0 aliphatic rings. The highest BCUT2D eigenvalue weighted by molar-refractivity contribution is 7.88. The van der Waals surface area contributed by atoms with Crippen LogP contribution in [0.25, 0.3) is 0 Å². The van der Waals surface area contributed by atoms with E-state index in [4.69, 9.17) is 5.73 Å². The highest BCUT2D eigenvalue weighted by Gasteiger charge is 2.13. The van der Waals surface area contributed by atoms with Gasteiger partial charge in [0.2, 0.25) is 10.0 Å². The molecule has 3 N–H and O–H groups in total. The summed E-state index contributed by atoms with van der Waals surface area (Å²) in [5.74, 6) is 0. The number of aryl methyl sites for hydroxylation is 1. The van der Waals surface area contributed by atoms with E-state index in [0.717, 1.165) is 16.9 Å². The Kier molecular flexibility index (Phi) is 4.98. The Bertz CT molecular complexity index is 500. The van der Waals surface area contributed by atoms with Crippen LogP contribution in [-0.2, 0) is 10.0 Å². The largest absolute Gasteiger partial charge is 0.399 e. The number of rotatable bonds is 6. The van der Waals surface area contributed by atoms with Crippen molar-refractivity contribution >= 4 is 21.4 Å². The van der Waals surface area contributed by atoms with Crippen molar-refractivity contribution in [2.24, 2.45) is 0 Å². The van der Waals surface area contributed by atoms with Crippen LogP contribution in [0, 0.1) is 6.92 Å². The van der Waals surface area contributed by atoms with Gasteiger partial charge in [0.15, 0.2) is 0 Å². The number of benzene rings is 1. The summed E-state index contributed by atoms with van der Waals surface area (Å²) in [5, 5.41) is 3.19. The standard InChI is InChI=1S/C12H21N3O2S/c1-4-15(18(3,16)17)8-7-14-11-5-6-12(13)10(2)9-11/h5-6,9,14H,4,7-8,13H2,1-3H3. The van der Waals surface area contributed by atoms with Crippen LogP contribution in [0.2, 0.25) is 0 Å². The Balaban J connectivity index is 2.53. The molecular formula is C12H21N3O2S. The zero-order valence-corrected chi connectivity index (χ0v) is 11.9. The quantitative estimate of drug-likeness (QED) is 0.764. The van der Waals surface area contributed by atoms with Crippen molar-refractivity contribution in [3.8, 4) is 0 Å². The number of sulfonamides is 1. The summed E-state index contributed by atoms with van der Waals surface area (Å²) in [7, 11) is -3.11. The van der Waals surface area contributed by atoms with Crippen LogP contribution in [0.3, 0.4) is 0 Å². The zero-order valence-electron chi connectivity index (χ0n) is 11.1. The van der Waals surface area contributed by atoms with Gasteiger partial charge in [0, 0.05) is 31.0 Å². The average Bonchev–Trinajstić information content (AvgIpc) is 2.27. The number of hydrogen-bond acceptors (Lipinski definition) is 4. The monoisotopic (exact) mass is 271 g/mol. The van der Waals surface area contributed by atoms with Crippen LogP contribution in [0.5, 0.6) is 0 Å². The second-order valence-corrected chi connectivity index (χ2v) is 6.24. The molecule has 0 radical (unpaired) electrons. The molecule has 6 heteroatoms. The van der Waals surface area contributed by atoms with Crippen molar-refractivity contribution in [2.75, 3.05) is 36.9 Å². The van der Waals surface area contributed by atoms with Crippen LogP contribution in [-0.4, -0.2) is 38.6 Å². The number of anilines is 2. The first kappa shape index (κ1) is 14.8. The summed E-state index contributed by atoms with van der Waals surface area (Å²) in [6, 6.07) is 5.68. The third-order valence-electron chi connectivity index (χ3n) is 2.78. The molecule has 18 heavy (non-hydrogen) atoms. The summed E-state index contributed by atoms with van der Waals surface area (Å²) in [6.07, 6.45) is 1.23. The second-order valence-electron chi connectivity index (χ2n) is 4.25. The molecule has 0 saturated heterocycles. The number of nitrogens with zero attached hydrogens (tertiary/aromatic N) is 1. The Morgan fingerprint density at radius 3 is 2.56 bits per heavy atom. The molecule has 0 saturated carbocycles. The zero-order chi connectivity index (χ0) is 13.8. The summed E-state index contributed by atoms with van der Waals surface area (Å²) < 4.78 is 24.2. The van der Waals surface area contributed by atoms with Crippen LogP contribution in [0.15, 0.2) is 18.2 Å². The molecule has 0 spiro atoms. The molecule has 0 unspecified atom stereocenters. The SMILES string of the molecule is CCN(CCNc1ccc(N)c(C)c1)S(C)(=O)=O. The molecule has 5 nitrogen and oxygen atoms in total. The molecule has 0 heterocycles. The molecular weight excluding hydrogens is 250 g/mol. The lowest BCUT2D eigenvalue weighted by atomic mass is 10.2. The Morgan fingerprint density at radius 1 is 1.39 bits per heavy atom. The van der Waals surface area contributed by atoms with Gasteiger partial charge in [-0.2, -0.15) is 0 Å². The smallest absolute Gasteiger partial charge is 0.211 e. The molecule has 0 aromatic heterocycles. The van der Waals surface area contributed by atoms with Gasteiger partial charge in [-0.15, -0.1) is 0 Å². The highest BCUT2D eigenvalue weighted by atomic mass is 32.2. The number of nitrogens with two attached hydrogens (primary N) is 1. The van der Waals surface area contributed by atoms with E-state index in [1.807, 2.05) is 32.0 Å². The van der Waals surface area contributed by atoms with Gasteiger partial charge >= 0.3 is 0 Å². The molecule has 0 bridgehead atoms. The lowest BCUT2D eigenvalue weighted by Crippen LogP contribution is -2.33. The van der Waals surface area contributed by atoms with Gasteiger partial charge in [0.25, 0.3) is 0 Å². The van der Waals surface area contributed by atoms with Crippen LogP contribution in [0.1, 0.15) is 12.5 Å². The minimum Gasteiger partial charge on any atom is -0.399 e. The summed E-state index contributed by atoms with van der Waals surface area (Å²) in [5.41, 5.74) is 8.45. The van der Waals surface area contributed by atoms with Crippen molar-refractivity contribution in [3.05, 3.63) is 23.8 Å². The van der Waals surface area contributed by atoms with Gasteiger partial charge in [-0.3, -0.25) is 0 Å². The van der Waals surface area contributed by atoms with E-state index >= 15 is 0 Å². The fourth-order valence-corrected chi connectivity index (χ4v) is 2.56. The lowest BCUT2D eigenvalue weighted by molar-refractivity contribution is 0.444. The van der Waals surface area contributed by atoms with E-state index < -0.39 is 10.0 Å². The molecule has 0 fully saturated rings. The predicted molar refractivity (Wildman–Crippen MR) is 76.2 cm³/mol. The van der Waals surface area contributed by atoms with E-state index in [1.165, 1.54) is 10.6 Å². The van der Waals surface area contributed by atoms with Crippen LogP contribution < -0.4 is 11.1 Å². The third-order valence-corrected chi connectivity index (χ3v) is 4.16. The Hall–Kier alpha value is -1.27. The van der Waals surface area contributed by atoms with E-state index in [2.05, 4.69) is 5.32 Å². The van der Waals surface area contributed by atoms with Gasteiger partial charge in [-0.25, -0.2) is 12.7 Å². The van der Waals surface area contributed by atoms with Gasteiger partial charge < -0.3 is 11.1 Å². The minimum atomic E-state index is -3.11. The average molecular weight is 271 g/mol. The Morgan fingerprint density at radius 2 is 2.06 bits per heavy atom. The first-order valence-corrected chi connectivity index (χ1v) is 7.74. The predicted octanol–water partition coefficient (Wildman–Crippen LogP) is 1.27. The van der Waals surface area contributed by atoms with E-state index in [9.17, 15) is 8.42 Å². The molecule has 0 aliphatic carbocycles. The normalized spacial score (nSPS) is 11.8. The Labute approximate surface area is 109 Å². The third kappa shape index (κ3) is 4.19. The lowest BCUT2D eigenvalue weighted by Gasteiger charge is -2.18. The molecule has 1 rings (SSSR count). The summed E-state index contributed by atoms with van der Waals surface area (Å²) >= 11 is 0. The van der Waals surface area contributed by atoms with Crippen LogP contribution in [0.4, 0.5) is 11.4 Å². The molecule has 1 aromatic carbocycles. The van der Waals surface area contributed by atoms with Crippen molar-refractivity contribution in [3.63, 3.8) is 0 Å². The number of likely N-dealkylation sites (N-methyl/N-ethyl adjacent to an activating group) is 1. The highest BCUT2D eigenvalue weighted by Crippen LogP contribution is 2.16. The minimum absolute atomic E-state index is 0.457. The first-order valence-electron chi connectivity index (χ1n) is 5.89. The summed E-state index contributed by atoms with van der Waals surface area (Å²) in [4.78, 5) is 0. The maximum atomic E-state index is 11.4. The van der Waals surface area contributed by atoms with Crippen molar-refractivity contribution in [1.29, 1.82) is 0 Å². The van der Waals surface area contributed by atoms with Gasteiger partial charge in [-0.05, 0) is 30.7 Å². The second kappa shape index (κ2) is 6.06. The molecule has 102 valence electrons. The fraction of sp³-hybridized carbons (Fsp3) is 0.500. The van der Waals surface area contributed by atoms with Crippen molar-refractivity contribution in [2.45, 2.75) is 13.8 Å². The molecule has 0 amide bonds. The number of nitrogen functional groups attached to an aromatic ring is 1. The summed E-state index contributed by atoms with van der Waals surface area (Å²) in [6.45, 7) is 5.29. The van der Waals surface area contributed by atoms with Crippen LogP contribution >= 0.6 is 0 Å². The molecule has 1 aromatic rings. The first-order chi connectivity index (χ1) is 8.34. The number of hydrogen-bond donors (Lipinski definition) is 2. The van der Waals surface area contributed by atoms with E-state index in [0.29, 0.717) is 19.6 Å². The van der Waals surface area contributed by atoms with Gasteiger partial charge in [-0.1, -0.05) is 6.92 Å². The van der Waals surface area contributed by atoms with E-state index in [1.54, 1.807) is 0 Å². The molecule has 0 atom stereocenters. The maximum Gasteiger partial charge on any atom is 0.211 e.